The zero-order valence-electron chi connectivity index (χ0n) is 13.4. The number of carbonyl (C=O) groups is 2. The third-order valence-corrected chi connectivity index (χ3v) is 3.82. The van der Waals surface area contributed by atoms with Crippen molar-refractivity contribution in [2.75, 3.05) is 24.6 Å². The monoisotopic (exact) mass is 328 g/mol. The molecule has 24 heavy (non-hydrogen) atoms. The number of amides is 2. The minimum Gasteiger partial charge on any atom is -0.482 e. The average molecular weight is 328 g/mol. The Hall–Kier alpha value is -2.83. The first-order valence-corrected chi connectivity index (χ1v) is 8.00. The van der Waals surface area contributed by atoms with Gasteiger partial charge < -0.3 is 15.0 Å². The number of hydrogen-bond acceptors (Lipinski definition) is 4. The molecule has 2 heterocycles. The number of fused-ring (bicyclic) bond motifs is 1. The van der Waals surface area contributed by atoms with Gasteiger partial charge in [0.2, 0.25) is 5.91 Å². The van der Waals surface area contributed by atoms with Crippen LogP contribution in [0.3, 0.4) is 0 Å². The number of para-hydroxylation sites is 2. The van der Waals surface area contributed by atoms with E-state index >= 15 is 0 Å². The normalized spacial score (nSPS) is 13.3. The molecule has 1 N–H and O–H groups in total. The molecule has 0 saturated carbocycles. The first-order valence-electron chi connectivity index (χ1n) is 8.00. The van der Waals surface area contributed by atoms with E-state index in [1.165, 1.54) is 0 Å². The number of anilines is 1. The van der Waals surface area contributed by atoms with E-state index in [9.17, 15) is 9.59 Å². The highest BCUT2D eigenvalue weighted by atomic mass is 16.5. The van der Waals surface area contributed by atoms with Gasteiger partial charge >= 0.3 is 0 Å². The van der Waals surface area contributed by atoms with E-state index in [-0.39, 0.29) is 24.8 Å². The molecule has 2 aromatic rings. The third kappa shape index (κ3) is 3.92. The molecule has 3 rings (SSSR count). The van der Waals surface area contributed by atoms with Crippen LogP contribution in [0.5, 0.6) is 5.75 Å². The van der Waals surface area contributed by atoms with Crippen molar-refractivity contribution in [2.24, 2.45) is 0 Å². The van der Waals surface area contributed by atoms with E-state index in [0.29, 0.717) is 18.8 Å². The Kier molecular flexibility index (Phi) is 5.10. The molecule has 0 atom stereocenters. The zero-order valence-corrected chi connectivity index (χ0v) is 13.4. The number of nitrogens with one attached hydrogen (secondary N) is 1. The van der Waals surface area contributed by atoms with E-state index < -0.39 is 0 Å². The number of rotatable bonds is 7. The number of nitrogens with zero attached hydrogens (tertiary/aromatic N) is 3. The molecule has 0 saturated heterocycles. The molecule has 7 heteroatoms. The summed E-state index contributed by atoms with van der Waals surface area (Å²) in [6, 6.07) is 9.23. The Labute approximate surface area is 140 Å². The molecular weight excluding hydrogens is 308 g/mol. The smallest absolute Gasteiger partial charge is 0.265 e. The van der Waals surface area contributed by atoms with Crippen LogP contribution in [-0.4, -0.2) is 41.3 Å². The van der Waals surface area contributed by atoms with Crippen LogP contribution < -0.4 is 15.0 Å². The highest BCUT2D eigenvalue weighted by Gasteiger charge is 2.25. The third-order valence-electron chi connectivity index (χ3n) is 3.82. The summed E-state index contributed by atoms with van der Waals surface area (Å²) in [5.41, 5.74) is 0.722. The Balaban J connectivity index is 1.43. The SMILES string of the molecule is O=C(CCN1C(=O)COc2ccccc21)NCCCn1cccn1. The molecule has 2 amide bonds. The molecule has 0 fully saturated rings. The predicted octanol–water partition coefficient (Wildman–Crippen LogP) is 1.21. The maximum absolute atomic E-state index is 12.0. The molecule has 1 aliphatic rings. The molecule has 0 bridgehead atoms. The predicted molar refractivity (Wildman–Crippen MR) is 88.8 cm³/mol. The van der Waals surface area contributed by atoms with Gasteiger partial charge in [0.25, 0.3) is 5.91 Å². The van der Waals surface area contributed by atoms with Crippen LogP contribution in [0, 0.1) is 0 Å². The number of hydrogen-bond donors (Lipinski definition) is 1. The lowest BCUT2D eigenvalue weighted by atomic mass is 10.2. The summed E-state index contributed by atoms with van der Waals surface area (Å²) in [6.45, 7) is 1.72. The second kappa shape index (κ2) is 7.63. The quantitative estimate of drug-likeness (QED) is 0.775. The van der Waals surface area contributed by atoms with Crippen molar-refractivity contribution in [3.8, 4) is 5.75 Å². The first kappa shape index (κ1) is 16.0. The van der Waals surface area contributed by atoms with E-state index in [1.54, 1.807) is 11.1 Å². The molecule has 1 aromatic carbocycles. The number of carbonyl (C=O) groups excluding carboxylic acids is 2. The topological polar surface area (TPSA) is 76.5 Å². The summed E-state index contributed by atoms with van der Waals surface area (Å²) in [7, 11) is 0. The van der Waals surface area contributed by atoms with Crippen LogP contribution in [0.15, 0.2) is 42.7 Å². The lowest BCUT2D eigenvalue weighted by Crippen LogP contribution is -2.41. The number of aromatic nitrogens is 2. The van der Waals surface area contributed by atoms with Gasteiger partial charge in [-0.2, -0.15) is 5.10 Å². The maximum Gasteiger partial charge on any atom is 0.265 e. The molecule has 126 valence electrons. The second-order valence-electron chi connectivity index (χ2n) is 5.52. The van der Waals surface area contributed by atoms with Crippen molar-refractivity contribution >= 4 is 17.5 Å². The fourth-order valence-electron chi connectivity index (χ4n) is 2.60. The molecule has 0 aliphatic carbocycles. The minimum atomic E-state index is -0.125. The fourth-order valence-corrected chi connectivity index (χ4v) is 2.60. The molecule has 1 aliphatic heterocycles. The number of ether oxygens (including phenoxy) is 1. The van der Waals surface area contributed by atoms with Crippen molar-refractivity contribution in [3.05, 3.63) is 42.7 Å². The molecule has 0 spiro atoms. The van der Waals surface area contributed by atoms with Crippen molar-refractivity contribution in [1.82, 2.24) is 15.1 Å². The Morgan fingerprint density at radius 1 is 1.25 bits per heavy atom. The van der Waals surface area contributed by atoms with Crippen molar-refractivity contribution in [1.29, 1.82) is 0 Å². The summed E-state index contributed by atoms with van der Waals surface area (Å²) in [4.78, 5) is 25.6. The summed E-state index contributed by atoms with van der Waals surface area (Å²) >= 11 is 0. The summed E-state index contributed by atoms with van der Waals surface area (Å²) in [5.74, 6) is 0.490. The molecule has 7 nitrogen and oxygen atoms in total. The van der Waals surface area contributed by atoms with Crippen LogP contribution in [0.1, 0.15) is 12.8 Å². The molecule has 1 aromatic heterocycles. The van der Waals surface area contributed by atoms with Gasteiger partial charge in [0.1, 0.15) is 5.75 Å². The molecule has 0 unspecified atom stereocenters. The van der Waals surface area contributed by atoms with Gasteiger partial charge in [0, 0.05) is 38.4 Å². The van der Waals surface area contributed by atoms with Crippen molar-refractivity contribution < 1.29 is 14.3 Å². The van der Waals surface area contributed by atoms with Crippen LogP contribution in [0.25, 0.3) is 0 Å². The summed E-state index contributed by atoms with van der Waals surface area (Å²) in [5, 5.41) is 6.98. The standard InChI is InChI=1S/C17H20N4O3/c22-16(18-8-3-10-20-11-4-9-19-20)7-12-21-14-5-1-2-6-15(14)24-13-17(21)23/h1-2,4-6,9,11H,3,7-8,10,12-13H2,(H,18,22). The Morgan fingerprint density at radius 3 is 2.96 bits per heavy atom. The van der Waals surface area contributed by atoms with E-state index in [1.807, 2.05) is 41.2 Å². The van der Waals surface area contributed by atoms with Gasteiger partial charge in [-0.1, -0.05) is 12.1 Å². The zero-order chi connectivity index (χ0) is 16.8. The minimum absolute atomic E-state index is 0.0164. The Bertz CT molecular complexity index is 700. The van der Waals surface area contributed by atoms with Crippen LogP contribution in [-0.2, 0) is 16.1 Å². The van der Waals surface area contributed by atoms with Gasteiger partial charge in [0.15, 0.2) is 6.61 Å². The van der Waals surface area contributed by atoms with Crippen LogP contribution in [0.4, 0.5) is 5.69 Å². The van der Waals surface area contributed by atoms with E-state index in [2.05, 4.69) is 10.4 Å². The van der Waals surface area contributed by atoms with Crippen LogP contribution >= 0.6 is 0 Å². The highest BCUT2D eigenvalue weighted by molar-refractivity contribution is 5.98. The number of benzene rings is 1. The molecule has 0 radical (unpaired) electrons. The van der Waals surface area contributed by atoms with Gasteiger partial charge in [0.05, 0.1) is 5.69 Å². The van der Waals surface area contributed by atoms with E-state index in [0.717, 1.165) is 18.7 Å². The highest BCUT2D eigenvalue weighted by Crippen LogP contribution is 2.31. The summed E-state index contributed by atoms with van der Waals surface area (Å²) in [6.07, 6.45) is 4.70. The fraction of sp³-hybridized carbons (Fsp3) is 0.353. The maximum atomic E-state index is 12.0. The van der Waals surface area contributed by atoms with Gasteiger partial charge in [-0.05, 0) is 24.6 Å². The Morgan fingerprint density at radius 2 is 2.12 bits per heavy atom. The van der Waals surface area contributed by atoms with E-state index in [4.69, 9.17) is 4.74 Å². The van der Waals surface area contributed by atoms with Gasteiger partial charge in [-0.3, -0.25) is 14.3 Å². The van der Waals surface area contributed by atoms with Crippen LogP contribution in [0.2, 0.25) is 0 Å². The number of aryl methyl sites for hydroxylation is 1. The molecular formula is C17H20N4O3. The van der Waals surface area contributed by atoms with Gasteiger partial charge in [-0.25, -0.2) is 0 Å². The largest absolute Gasteiger partial charge is 0.482 e. The van der Waals surface area contributed by atoms with Crippen molar-refractivity contribution in [3.63, 3.8) is 0 Å². The first-order chi connectivity index (χ1) is 11.7. The lowest BCUT2D eigenvalue weighted by molar-refractivity contribution is -0.122. The average Bonchev–Trinajstić information content (AvgIpc) is 3.11. The lowest BCUT2D eigenvalue weighted by Gasteiger charge is -2.29. The second-order valence-corrected chi connectivity index (χ2v) is 5.52. The summed E-state index contributed by atoms with van der Waals surface area (Å²) < 4.78 is 7.22. The van der Waals surface area contributed by atoms with Gasteiger partial charge in [-0.15, -0.1) is 0 Å². The van der Waals surface area contributed by atoms with Crippen molar-refractivity contribution in [2.45, 2.75) is 19.4 Å².